The van der Waals surface area contributed by atoms with Gasteiger partial charge < -0.3 is 14.8 Å². The van der Waals surface area contributed by atoms with E-state index < -0.39 is 28.0 Å². The first-order chi connectivity index (χ1) is 14.6. The Bertz CT molecular complexity index is 1030. The summed E-state index contributed by atoms with van der Waals surface area (Å²) in [5.41, 5.74) is 0.280. The monoisotopic (exact) mass is 458 g/mol. The number of rotatable bonds is 6. The van der Waals surface area contributed by atoms with E-state index in [1.165, 1.54) is 41.7 Å². The molecule has 0 saturated carbocycles. The minimum absolute atomic E-state index is 0.0661. The predicted octanol–water partition coefficient (Wildman–Crippen LogP) is 4.02. The van der Waals surface area contributed by atoms with E-state index in [1.54, 1.807) is 0 Å². The van der Waals surface area contributed by atoms with E-state index in [2.05, 4.69) is 10.1 Å². The Hall–Kier alpha value is -2.79. The molecule has 2 aromatic carbocycles. The van der Waals surface area contributed by atoms with E-state index in [-0.39, 0.29) is 21.9 Å². The molecule has 31 heavy (non-hydrogen) atoms. The number of carbonyl (C=O) groups is 1. The number of nitrogens with one attached hydrogen (secondary N) is 1. The largest absolute Gasteiger partial charge is 0.573 e. The number of anilines is 1. The van der Waals surface area contributed by atoms with Crippen molar-refractivity contribution in [1.82, 2.24) is 4.31 Å². The summed E-state index contributed by atoms with van der Waals surface area (Å²) in [5.74, 6) is -0.925. The number of halogens is 3. The average molecular weight is 458 g/mol. The molecule has 1 fully saturated rings. The van der Waals surface area contributed by atoms with E-state index >= 15 is 0 Å². The topological polar surface area (TPSA) is 84.9 Å². The van der Waals surface area contributed by atoms with Crippen molar-refractivity contribution in [3.8, 4) is 11.5 Å². The van der Waals surface area contributed by atoms with E-state index in [0.717, 1.165) is 31.4 Å². The van der Waals surface area contributed by atoms with E-state index in [1.807, 2.05) is 0 Å². The van der Waals surface area contributed by atoms with Crippen molar-refractivity contribution in [2.75, 3.05) is 25.5 Å². The molecule has 0 aromatic heterocycles. The molecule has 0 radical (unpaired) electrons. The van der Waals surface area contributed by atoms with Crippen molar-refractivity contribution in [1.29, 1.82) is 0 Å². The van der Waals surface area contributed by atoms with E-state index in [9.17, 15) is 26.4 Å². The predicted molar refractivity (Wildman–Crippen MR) is 107 cm³/mol. The van der Waals surface area contributed by atoms with Crippen molar-refractivity contribution in [3.63, 3.8) is 0 Å². The number of benzene rings is 2. The molecular formula is C20H21F3N2O5S. The number of alkyl halides is 3. The van der Waals surface area contributed by atoms with Gasteiger partial charge in [-0.15, -0.1) is 13.2 Å². The summed E-state index contributed by atoms with van der Waals surface area (Å²) in [6, 6.07) is 8.60. The maximum absolute atomic E-state index is 13.1. The summed E-state index contributed by atoms with van der Waals surface area (Å²) in [5, 5.41) is 2.55. The molecule has 0 unspecified atom stereocenters. The fourth-order valence-corrected chi connectivity index (χ4v) is 4.91. The number of hydrogen-bond acceptors (Lipinski definition) is 5. The third-order valence-corrected chi connectivity index (χ3v) is 6.62. The quantitative estimate of drug-likeness (QED) is 0.707. The molecule has 1 heterocycles. The van der Waals surface area contributed by atoms with Gasteiger partial charge in [-0.3, -0.25) is 4.79 Å². The van der Waals surface area contributed by atoms with Gasteiger partial charge in [0.15, 0.2) is 0 Å². The van der Waals surface area contributed by atoms with Gasteiger partial charge in [0, 0.05) is 24.3 Å². The molecule has 0 atom stereocenters. The van der Waals surface area contributed by atoms with Gasteiger partial charge in [-0.2, -0.15) is 4.31 Å². The molecule has 3 rings (SSSR count). The van der Waals surface area contributed by atoms with Crippen LogP contribution < -0.4 is 14.8 Å². The molecule has 0 aliphatic carbocycles. The summed E-state index contributed by atoms with van der Waals surface area (Å²) in [7, 11) is -2.46. The third-order valence-electron chi connectivity index (χ3n) is 4.70. The Balaban J connectivity index is 1.80. The number of carbonyl (C=O) groups excluding carboxylic acids is 1. The first-order valence-corrected chi connectivity index (χ1v) is 10.9. The zero-order chi connectivity index (χ0) is 22.6. The highest BCUT2D eigenvalue weighted by molar-refractivity contribution is 7.89. The second-order valence-corrected chi connectivity index (χ2v) is 8.76. The molecule has 7 nitrogen and oxygen atoms in total. The van der Waals surface area contributed by atoms with Crippen LogP contribution in [0, 0.1) is 0 Å². The van der Waals surface area contributed by atoms with E-state index in [0.29, 0.717) is 13.1 Å². The number of hydrogen-bond donors (Lipinski definition) is 1. The Morgan fingerprint density at radius 2 is 1.68 bits per heavy atom. The molecule has 11 heteroatoms. The van der Waals surface area contributed by atoms with Gasteiger partial charge >= 0.3 is 6.36 Å². The number of amides is 1. The van der Waals surface area contributed by atoms with Crippen LogP contribution in [0.25, 0.3) is 0 Å². The highest BCUT2D eigenvalue weighted by Crippen LogP contribution is 2.31. The Labute approximate surface area is 177 Å². The molecule has 1 aliphatic rings. The Morgan fingerprint density at radius 3 is 2.26 bits per heavy atom. The van der Waals surface area contributed by atoms with Gasteiger partial charge in [0.2, 0.25) is 10.0 Å². The number of ether oxygens (including phenoxy) is 2. The zero-order valence-corrected chi connectivity index (χ0v) is 17.4. The van der Waals surface area contributed by atoms with Gasteiger partial charge in [0.05, 0.1) is 7.11 Å². The summed E-state index contributed by atoms with van der Waals surface area (Å²) in [6.07, 6.45) is -2.33. The van der Waals surface area contributed by atoms with Crippen LogP contribution in [0.2, 0.25) is 0 Å². The second kappa shape index (κ2) is 9.15. The highest BCUT2D eigenvalue weighted by Gasteiger charge is 2.31. The van der Waals surface area contributed by atoms with E-state index in [4.69, 9.17) is 4.74 Å². The van der Waals surface area contributed by atoms with Crippen LogP contribution in [0.1, 0.15) is 29.6 Å². The molecular weight excluding hydrogens is 437 g/mol. The standard InChI is InChI=1S/C20H21F3N2O5S/c1-29-17-10-7-15(13-18(17)31(27,28)25-11-3-2-4-12-25)24-19(26)14-5-8-16(9-6-14)30-20(21,22)23/h5-10,13H,2-4,11-12H2,1H3,(H,24,26). The van der Waals surface area contributed by atoms with Gasteiger partial charge in [-0.1, -0.05) is 6.42 Å². The SMILES string of the molecule is COc1ccc(NC(=O)c2ccc(OC(F)(F)F)cc2)cc1S(=O)(=O)N1CCCCC1. The van der Waals surface area contributed by atoms with Crippen LogP contribution in [-0.2, 0) is 10.0 Å². The Kier molecular flexibility index (Phi) is 6.75. The zero-order valence-electron chi connectivity index (χ0n) is 16.6. The van der Waals surface area contributed by atoms with Crippen molar-refractivity contribution < 1.29 is 35.9 Å². The number of nitrogens with zero attached hydrogens (tertiary/aromatic N) is 1. The number of sulfonamides is 1. The van der Waals surface area contributed by atoms with Crippen molar-refractivity contribution in [2.45, 2.75) is 30.5 Å². The summed E-state index contributed by atoms with van der Waals surface area (Å²) in [6.45, 7) is 0.822. The molecule has 1 saturated heterocycles. The average Bonchev–Trinajstić information content (AvgIpc) is 2.73. The van der Waals surface area contributed by atoms with Gasteiger partial charge in [0.1, 0.15) is 16.4 Å². The van der Waals surface area contributed by atoms with Crippen molar-refractivity contribution >= 4 is 21.6 Å². The molecule has 1 N–H and O–H groups in total. The summed E-state index contributed by atoms with van der Waals surface area (Å²) >= 11 is 0. The number of piperidine rings is 1. The van der Waals surface area contributed by atoms with Crippen molar-refractivity contribution in [2.24, 2.45) is 0 Å². The van der Waals surface area contributed by atoms with Crippen LogP contribution in [0.3, 0.4) is 0 Å². The molecule has 1 aliphatic heterocycles. The smallest absolute Gasteiger partial charge is 0.495 e. The first kappa shape index (κ1) is 22.9. The van der Waals surface area contributed by atoms with Crippen LogP contribution >= 0.6 is 0 Å². The van der Waals surface area contributed by atoms with Gasteiger partial charge in [-0.05, 0) is 55.3 Å². The fourth-order valence-electron chi connectivity index (χ4n) is 3.21. The highest BCUT2D eigenvalue weighted by atomic mass is 32.2. The Morgan fingerprint density at radius 1 is 1.03 bits per heavy atom. The normalized spacial score (nSPS) is 15.4. The maximum atomic E-state index is 13.1. The molecule has 1 amide bonds. The van der Waals surface area contributed by atoms with Gasteiger partial charge in [-0.25, -0.2) is 8.42 Å². The minimum atomic E-state index is -4.83. The van der Waals surface area contributed by atoms with Crippen LogP contribution in [0.15, 0.2) is 47.4 Å². The van der Waals surface area contributed by atoms with Crippen LogP contribution in [0.4, 0.5) is 18.9 Å². The van der Waals surface area contributed by atoms with Crippen LogP contribution in [-0.4, -0.2) is 45.2 Å². The third kappa shape index (κ3) is 5.67. The summed E-state index contributed by atoms with van der Waals surface area (Å²) < 4.78 is 73.2. The summed E-state index contributed by atoms with van der Waals surface area (Å²) in [4.78, 5) is 12.4. The fraction of sp³-hybridized carbons (Fsp3) is 0.350. The lowest BCUT2D eigenvalue weighted by atomic mass is 10.2. The number of methoxy groups -OCH3 is 1. The van der Waals surface area contributed by atoms with Crippen molar-refractivity contribution in [3.05, 3.63) is 48.0 Å². The minimum Gasteiger partial charge on any atom is -0.495 e. The molecule has 168 valence electrons. The lowest BCUT2D eigenvalue weighted by molar-refractivity contribution is -0.274. The first-order valence-electron chi connectivity index (χ1n) is 9.45. The molecule has 2 aromatic rings. The van der Waals surface area contributed by atoms with Gasteiger partial charge in [0.25, 0.3) is 5.91 Å². The second-order valence-electron chi connectivity index (χ2n) is 6.86. The van der Waals surface area contributed by atoms with Crippen LogP contribution in [0.5, 0.6) is 11.5 Å². The lowest BCUT2D eigenvalue weighted by Crippen LogP contribution is -2.35. The molecule has 0 spiro atoms. The lowest BCUT2D eigenvalue weighted by Gasteiger charge is -2.26. The molecule has 0 bridgehead atoms. The maximum Gasteiger partial charge on any atom is 0.573 e.